The summed E-state index contributed by atoms with van der Waals surface area (Å²) in [5.74, 6) is 0.835. The molecule has 0 fully saturated rings. The Balaban J connectivity index is 2.20. The molecule has 4 nitrogen and oxygen atoms in total. The van der Waals surface area contributed by atoms with Gasteiger partial charge in [0.1, 0.15) is 11.5 Å². The van der Waals surface area contributed by atoms with Crippen LogP contribution in [0.15, 0.2) is 36.5 Å². The van der Waals surface area contributed by atoms with Gasteiger partial charge in [-0.1, -0.05) is 11.6 Å². The largest absolute Gasteiger partial charge is 0.506 e. The summed E-state index contributed by atoms with van der Waals surface area (Å²) in [7, 11) is 0. The van der Waals surface area contributed by atoms with Gasteiger partial charge in [0.15, 0.2) is 0 Å². The Labute approximate surface area is 97.3 Å². The molecule has 3 N–H and O–H groups in total. The smallest absolute Gasteiger partial charge is 0.219 e. The molecule has 16 heavy (non-hydrogen) atoms. The van der Waals surface area contributed by atoms with E-state index < -0.39 is 0 Å². The SMILES string of the molecule is Nc1ccc(Oc2ccc(Cl)cn2)cc1O. The summed E-state index contributed by atoms with van der Waals surface area (Å²) in [5, 5.41) is 9.91. The van der Waals surface area contributed by atoms with E-state index in [1.54, 1.807) is 24.3 Å². The number of nitrogens with zero attached hydrogens (tertiary/aromatic N) is 1. The van der Waals surface area contributed by atoms with Crippen LogP contribution < -0.4 is 10.5 Å². The fraction of sp³-hybridized carbons (Fsp3) is 0. The number of phenolic OH excluding ortho intramolecular Hbond substituents is 1. The van der Waals surface area contributed by atoms with Crippen molar-refractivity contribution < 1.29 is 9.84 Å². The summed E-state index contributed by atoms with van der Waals surface area (Å²) in [4.78, 5) is 3.96. The molecule has 1 aromatic heterocycles. The van der Waals surface area contributed by atoms with Crippen molar-refractivity contribution in [1.82, 2.24) is 4.98 Å². The zero-order valence-corrected chi connectivity index (χ0v) is 8.98. The highest BCUT2D eigenvalue weighted by molar-refractivity contribution is 6.30. The van der Waals surface area contributed by atoms with Gasteiger partial charge in [0, 0.05) is 18.3 Å². The van der Waals surface area contributed by atoms with Crippen LogP contribution in [-0.2, 0) is 0 Å². The second-order valence-electron chi connectivity index (χ2n) is 3.14. The minimum Gasteiger partial charge on any atom is -0.506 e. The maximum atomic E-state index is 9.38. The van der Waals surface area contributed by atoms with Gasteiger partial charge in [0.05, 0.1) is 10.7 Å². The lowest BCUT2D eigenvalue weighted by Gasteiger charge is -2.05. The number of phenols is 1. The molecular weight excluding hydrogens is 228 g/mol. The first kappa shape index (κ1) is 10.6. The molecule has 1 aromatic carbocycles. The quantitative estimate of drug-likeness (QED) is 0.622. The van der Waals surface area contributed by atoms with Crippen molar-refractivity contribution in [1.29, 1.82) is 0 Å². The molecule has 2 rings (SSSR count). The van der Waals surface area contributed by atoms with Crippen LogP contribution in [0.5, 0.6) is 17.4 Å². The van der Waals surface area contributed by atoms with E-state index in [0.717, 1.165) is 0 Å². The van der Waals surface area contributed by atoms with Crippen LogP contribution in [0.4, 0.5) is 5.69 Å². The lowest BCUT2D eigenvalue weighted by molar-refractivity contribution is 0.447. The Morgan fingerprint density at radius 3 is 2.69 bits per heavy atom. The van der Waals surface area contributed by atoms with E-state index in [0.29, 0.717) is 22.3 Å². The van der Waals surface area contributed by atoms with Gasteiger partial charge in [0.25, 0.3) is 0 Å². The first-order valence-corrected chi connectivity index (χ1v) is 4.91. The molecule has 0 radical (unpaired) electrons. The molecule has 0 spiro atoms. The van der Waals surface area contributed by atoms with Crippen LogP contribution in [0.25, 0.3) is 0 Å². The predicted molar refractivity (Wildman–Crippen MR) is 61.8 cm³/mol. The fourth-order valence-electron chi connectivity index (χ4n) is 1.13. The van der Waals surface area contributed by atoms with Crippen molar-refractivity contribution in [3.05, 3.63) is 41.6 Å². The minimum absolute atomic E-state index is 0.0218. The molecule has 1 heterocycles. The van der Waals surface area contributed by atoms with E-state index in [2.05, 4.69) is 4.98 Å². The van der Waals surface area contributed by atoms with Crippen molar-refractivity contribution in [3.63, 3.8) is 0 Å². The summed E-state index contributed by atoms with van der Waals surface area (Å²) in [5.41, 5.74) is 5.77. The van der Waals surface area contributed by atoms with Gasteiger partial charge in [-0.3, -0.25) is 0 Å². The second-order valence-corrected chi connectivity index (χ2v) is 3.57. The zero-order chi connectivity index (χ0) is 11.5. The van der Waals surface area contributed by atoms with E-state index in [1.807, 2.05) is 0 Å². The zero-order valence-electron chi connectivity index (χ0n) is 8.22. The molecule has 0 saturated heterocycles. The molecule has 0 aliphatic rings. The van der Waals surface area contributed by atoms with Crippen molar-refractivity contribution in [2.75, 3.05) is 5.73 Å². The standard InChI is InChI=1S/C11H9ClN2O2/c12-7-1-4-11(14-6-7)16-8-2-3-9(13)10(15)5-8/h1-6,15H,13H2. The number of aromatic hydroxyl groups is 1. The first-order chi connectivity index (χ1) is 7.65. The third kappa shape index (κ3) is 2.35. The molecule has 2 aromatic rings. The number of nitrogen functional groups attached to an aromatic ring is 1. The molecule has 0 saturated carbocycles. The van der Waals surface area contributed by atoms with Crippen LogP contribution in [0.1, 0.15) is 0 Å². The van der Waals surface area contributed by atoms with Gasteiger partial charge < -0.3 is 15.6 Å². The third-order valence-electron chi connectivity index (χ3n) is 1.92. The Kier molecular flexibility index (Phi) is 2.83. The number of hydrogen-bond acceptors (Lipinski definition) is 4. The van der Waals surface area contributed by atoms with Gasteiger partial charge >= 0.3 is 0 Å². The summed E-state index contributed by atoms with van der Waals surface area (Å²) < 4.78 is 5.38. The lowest BCUT2D eigenvalue weighted by atomic mass is 10.3. The van der Waals surface area contributed by atoms with Crippen LogP contribution in [0, 0.1) is 0 Å². The molecular formula is C11H9ClN2O2. The summed E-state index contributed by atoms with van der Waals surface area (Å²) in [6, 6.07) is 7.92. The van der Waals surface area contributed by atoms with Crippen molar-refractivity contribution >= 4 is 17.3 Å². The average molecular weight is 237 g/mol. The number of anilines is 1. The average Bonchev–Trinajstić information content (AvgIpc) is 2.27. The maximum Gasteiger partial charge on any atom is 0.219 e. The molecule has 0 atom stereocenters. The van der Waals surface area contributed by atoms with Gasteiger partial charge in [-0.25, -0.2) is 4.98 Å². The highest BCUT2D eigenvalue weighted by atomic mass is 35.5. The predicted octanol–water partition coefficient (Wildman–Crippen LogP) is 2.82. The highest BCUT2D eigenvalue weighted by Gasteiger charge is 2.02. The molecule has 0 bridgehead atoms. The molecule has 0 aliphatic carbocycles. The van der Waals surface area contributed by atoms with Crippen molar-refractivity contribution in [2.24, 2.45) is 0 Å². The third-order valence-corrected chi connectivity index (χ3v) is 2.15. The summed E-state index contributed by atoms with van der Waals surface area (Å²) >= 11 is 5.69. The number of aromatic nitrogens is 1. The number of ether oxygens (including phenoxy) is 1. The number of rotatable bonds is 2. The monoisotopic (exact) mass is 236 g/mol. The van der Waals surface area contributed by atoms with E-state index in [9.17, 15) is 5.11 Å². The normalized spacial score (nSPS) is 10.1. The molecule has 0 amide bonds. The number of hydrogen-bond donors (Lipinski definition) is 2. The molecule has 5 heteroatoms. The summed E-state index contributed by atoms with van der Waals surface area (Å²) in [6.45, 7) is 0. The fourth-order valence-corrected chi connectivity index (χ4v) is 1.24. The van der Waals surface area contributed by atoms with Crippen LogP contribution in [0.2, 0.25) is 5.02 Å². The van der Waals surface area contributed by atoms with E-state index >= 15 is 0 Å². The molecule has 82 valence electrons. The van der Waals surface area contributed by atoms with Gasteiger partial charge in [-0.2, -0.15) is 0 Å². The van der Waals surface area contributed by atoms with Crippen molar-refractivity contribution in [3.8, 4) is 17.4 Å². The van der Waals surface area contributed by atoms with Crippen LogP contribution in [-0.4, -0.2) is 10.1 Å². The number of benzene rings is 1. The lowest BCUT2D eigenvalue weighted by Crippen LogP contribution is -1.89. The van der Waals surface area contributed by atoms with E-state index in [4.69, 9.17) is 22.1 Å². The molecule has 0 unspecified atom stereocenters. The van der Waals surface area contributed by atoms with Crippen molar-refractivity contribution in [2.45, 2.75) is 0 Å². The van der Waals surface area contributed by atoms with Gasteiger partial charge in [-0.15, -0.1) is 0 Å². The first-order valence-electron chi connectivity index (χ1n) is 4.53. The van der Waals surface area contributed by atoms with E-state index in [1.165, 1.54) is 12.3 Å². The maximum absolute atomic E-state index is 9.38. The van der Waals surface area contributed by atoms with E-state index in [-0.39, 0.29) is 5.75 Å². The number of halogens is 1. The summed E-state index contributed by atoms with van der Waals surface area (Å²) in [6.07, 6.45) is 1.48. The number of nitrogens with two attached hydrogens (primary N) is 1. The minimum atomic E-state index is -0.0218. The highest BCUT2D eigenvalue weighted by Crippen LogP contribution is 2.28. The van der Waals surface area contributed by atoms with Gasteiger partial charge in [-0.05, 0) is 18.2 Å². The van der Waals surface area contributed by atoms with Crippen LogP contribution >= 0.6 is 11.6 Å². The topological polar surface area (TPSA) is 68.4 Å². The Morgan fingerprint density at radius 2 is 2.06 bits per heavy atom. The van der Waals surface area contributed by atoms with Gasteiger partial charge in [0.2, 0.25) is 5.88 Å². The Morgan fingerprint density at radius 1 is 1.25 bits per heavy atom. The Hall–Kier alpha value is -1.94. The molecule has 0 aliphatic heterocycles. The Bertz CT molecular complexity index is 500. The van der Waals surface area contributed by atoms with Crippen LogP contribution in [0.3, 0.4) is 0 Å². The second kappa shape index (κ2) is 4.28. The number of pyridine rings is 1.